The normalized spacial score (nSPS) is 10.8. The Kier molecular flexibility index (Phi) is 4.66. The molecule has 0 bridgehead atoms. The number of aromatic nitrogens is 1. The molecule has 1 heterocycles. The molecular formula is C19H21N2O+. The lowest BCUT2D eigenvalue weighted by Crippen LogP contribution is -2.80. The molecule has 2 N–H and O–H groups in total. The third-order valence-electron chi connectivity index (χ3n) is 3.73. The van der Waals surface area contributed by atoms with Crippen molar-refractivity contribution in [2.24, 2.45) is 0 Å². The summed E-state index contributed by atoms with van der Waals surface area (Å²) in [5.74, 6) is 0.985. The van der Waals surface area contributed by atoms with E-state index in [1.54, 1.807) is 0 Å². The molecule has 0 aliphatic carbocycles. The van der Waals surface area contributed by atoms with E-state index in [4.69, 9.17) is 4.74 Å². The van der Waals surface area contributed by atoms with Gasteiger partial charge in [-0.15, -0.1) is 0 Å². The predicted molar refractivity (Wildman–Crippen MR) is 88.7 cm³/mol. The van der Waals surface area contributed by atoms with Gasteiger partial charge in [0.05, 0.1) is 17.9 Å². The van der Waals surface area contributed by atoms with Crippen LogP contribution in [0.15, 0.2) is 60.8 Å². The van der Waals surface area contributed by atoms with Gasteiger partial charge >= 0.3 is 0 Å². The molecule has 0 aliphatic heterocycles. The summed E-state index contributed by atoms with van der Waals surface area (Å²) in [5, 5.41) is 4.80. The van der Waals surface area contributed by atoms with E-state index in [1.165, 1.54) is 16.3 Å². The molecule has 3 nitrogen and oxygen atoms in total. The van der Waals surface area contributed by atoms with Gasteiger partial charge in [-0.3, -0.25) is 4.98 Å². The number of hydrogen-bond donors (Lipinski definition) is 1. The van der Waals surface area contributed by atoms with E-state index >= 15 is 0 Å². The van der Waals surface area contributed by atoms with E-state index in [1.807, 2.05) is 25.3 Å². The van der Waals surface area contributed by atoms with Gasteiger partial charge < -0.3 is 10.1 Å². The summed E-state index contributed by atoms with van der Waals surface area (Å²) in [7, 11) is 0. The second-order valence-corrected chi connectivity index (χ2v) is 5.21. The molecule has 0 saturated carbocycles. The van der Waals surface area contributed by atoms with Crippen LogP contribution in [-0.2, 0) is 13.1 Å². The minimum atomic E-state index is 0.686. The average molecular weight is 293 g/mol. The van der Waals surface area contributed by atoms with Crippen molar-refractivity contribution in [1.29, 1.82) is 0 Å². The van der Waals surface area contributed by atoms with Crippen LogP contribution in [0.4, 0.5) is 0 Å². The molecular weight excluding hydrogens is 272 g/mol. The first-order valence-electron chi connectivity index (χ1n) is 7.73. The van der Waals surface area contributed by atoms with E-state index in [-0.39, 0.29) is 0 Å². The number of quaternary nitrogens is 1. The lowest BCUT2D eigenvalue weighted by Gasteiger charge is -2.12. The number of nitrogens with zero attached hydrogens (tertiary/aromatic N) is 1. The molecule has 22 heavy (non-hydrogen) atoms. The summed E-state index contributed by atoms with van der Waals surface area (Å²) >= 11 is 0. The maximum Gasteiger partial charge on any atom is 0.128 e. The Morgan fingerprint density at radius 1 is 0.955 bits per heavy atom. The molecule has 112 valence electrons. The highest BCUT2D eigenvalue weighted by Gasteiger charge is 2.10. The standard InChI is InChI=1S/C19H20N2O/c1-2-22-19-11-10-15-7-3-4-9-17(15)18(19)14-20-13-16-8-5-6-12-21-16/h3-12,20H,2,13-14H2,1H3/p+1. The zero-order valence-corrected chi connectivity index (χ0v) is 12.8. The predicted octanol–water partition coefficient (Wildman–Crippen LogP) is 2.90. The maximum atomic E-state index is 5.81. The first-order valence-corrected chi connectivity index (χ1v) is 7.73. The third-order valence-corrected chi connectivity index (χ3v) is 3.73. The van der Waals surface area contributed by atoms with E-state index in [0.29, 0.717) is 6.61 Å². The fourth-order valence-corrected chi connectivity index (χ4v) is 2.70. The molecule has 0 aliphatic rings. The molecule has 0 spiro atoms. The Balaban J connectivity index is 1.82. The number of ether oxygens (including phenoxy) is 1. The lowest BCUT2D eigenvalue weighted by molar-refractivity contribution is -0.686. The van der Waals surface area contributed by atoms with Crippen molar-refractivity contribution in [2.45, 2.75) is 20.0 Å². The van der Waals surface area contributed by atoms with Crippen LogP contribution in [0.1, 0.15) is 18.2 Å². The highest BCUT2D eigenvalue weighted by molar-refractivity contribution is 5.87. The van der Waals surface area contributed by atoms with Crippen molar-refractivity contribution in [3.8, 4) is 5.75 Å². The minimum absolute atomic E-state index is 0.686. The molecule has 3 aromatic rings. The van der Waals surface area contributed by atoms with Crippen molar-refractivity contribution in [1.82, 2.24) is 4.98 Å². The van der Waals surface area contributed by atoms with E-state index in [0.717, 1.165) is 24.5 Å². The Bertz CT molecular complexity index is 741. The van der Waals surface area contributed by atoms with Crippen LogP contribution in [0.5, 0.6) is 5.75 Å². The number of rotatable bonds is 6. The highest BCUT2D eigenvalue weighted by atomic mass is 16.5. The van der Waals surface area contributed by atoms with Gasteiger partial charge in [0.25, 0.3) is 0 Å². The van der Waals surface area contributed by atoms with Gasteiger partial charge in [0.1, 0.15) is 18.8 Å². The van der Waals surface area contributed by atoms with Crippen LogP contribution in [-0.4, -0.2) is 11.6 Å². The van der Waals surface area contributed by atoms with Crippen LogP contribution in [0, 0.1) is 0 Å². The van der Waals surface area contributed by atoms with Gasteiger partial charge in [-0.05, 0) is 35.9 Å². The molecule has 0 unspecified atom stereocenters. The molecule has 3 heteroatoms. The van der Waals surface area contributed by atoms with Crippen LogP contribution in [0.2, 0.25) is 0 Å². The van der Waals surface area contributed by atoms with E-state index in [2.05, 4.69) is 52.8 Å². The van der Waals surface area contributed by atoms with Crippen molar-refractivity contribution < 1.29 is 10.1 Å². The number of benzene rings is 2. The van der Waals surface area contributed by atoms with E-state index < -0.39 is 0 Å². The fourth-order valence-electron chi connectivity index (χ4n) is 2.70. The third kappa shape index (κ3) is 3.26. The monoisotopic (exact) mass is 293 g/mol. The fraction of sp³-hybridized carbons (Fsp3) is 0.211. The first-order chi connectivity index (χ1) is 10.9. The van der Waals surface area contributed by atoms with Gasteiger partial charge in [-0.25, -0.2) is 0 Å². The van der Waals surface area contributed by atoms with Crippen molar-refractivity contribution in [3.63, 3.8) is 0 Å². The highest BCUT2D eigenvalue weighted by Crippen LogP contribution is 2.27. The van der Waals surface area contributed by atoms with Crippen LogP contribution < -0.4 is 10.1 Å². The van der Waals surface area contributed by atoms with Gasteiger partial charge in [0.15, 0.2) is 0 Å². The van der Waals surface area contributed by atoms with Crippen molar-refractivity contribution in [3.05, 3.63) is 72.1 Å². The summed E-state index contributed by atoms with van der Waals surface area (Å²) in [6, 6.07) is 18.7. The number of fused-ring (bicyclic) bond motifs is 1. The smallest absolute Gasteiger partial charge is 0.128 e. The number of hydrogen-bond acceptors (Lipinski definition) is 2. The Morgan fingerprint density at radius 3 is 2.64 bits per heavy atom. The van der Waals surface area contributed by atoms with Gasteiger partial charge in [-0.1, -0.05) is 36.4 Å². The molecule has 0 atom stereocenters. The van der Waals surface area contributed by atoms with Crippen molar-refractivity contribution in [2.75, 3.05) is 6.61 Å². The molecule has 0 saturated heterocycles. The summed E-state index contributed by atoms with van der Waals surface area (Å²) in [6.45, 7) is 4.46. The largest absolute Gasteiger partial charge is 0.493 e. The molecule has 0 fully saturated rings. The lowest BCUT2D eigenvalue weighted by atomic mass is 10.0. The van der Waals surface area contributed by atoms with E-state index in [9.17, 15) is 0 Å². The van der Waals surface area contributed by atoms with Crippen molar-refractivity contribution >= 4 is 10.8 Å². The Hall–Kier alpha value is -2.39. The Labute approximate surface area is 131 Å². The average Bonchev–Trinajstić information content (AvgIpc) is 2.57. The summed E-state index contributed by atoms with van der Waals surface area (Å²) < 4.78 is 5.81. The topological polar surface area (TPSA) is 38.7 Å². The zero-order valence-electron chi connectivity index (χ0n) is 12.8. The van der Waals surface area contributed by atoms with Gasteiger partial charge in [-0.2, -0.15) is 0 Å². The van der Waals surface area contributed by atoms with Crippen LogP contribution in [0.3, 0.4) is 0 Å². The Morgan fingerprint density at radius 2 is 1.82 bits per heavy atom. The minimum Gasteiger partial charge on any atom is -0.493 e. The summed E-state index contributed by atoms with van der Waals surface area (Å²) in [4.78, 5) is 4.37. The second kappa shape index (κ2) is 7.05. The maximum absolute atomic E-state index is 5.81. The molecule has 0 amide bonds. The molecule has 1 aromatic heterocycles. The van der Waals surface area contributed by atoms with Gasteiger partial charge in [0.2, 0.25) is 0 Å². The molecule has 0 radical (unpaired) electrons. The quantitative estimate of drug-likeness (QED) is 0.759. The van der Waals surface area contributed by atoms with Gasteiger partial charge in [0, 0.05) is 6.20 Å². The number of nitrogens with two attached hydrogens (primary N) is 1. The first kappa shape index (κ1) is 14.5. The van der Waals surface area contributed by atoms with Crippen LogP contribution in [0.25, 0.3) is 10.8 Å². The second-order valence-electron chi connectivity index (χ2n) is 5.21. The summed E-state index contributed by atoms with van der Waals surface area (Å²) in [6.07, 6.45) is 1.84. The SMILES string of the molecule is CCOc1ccc2ccccc2c1C[NH2+]Cc1ccccn1. The molecule has 3 rings (SSSR count). The van der Waals surface area contributed by atoms with Crippen LogP contribution >= 0.6 is 0 Å². The zero-order chi connectivity index (χ0) is 15.2. The number of pyridine rings is 1. The summed E-state index contributed by atoms with van der Waals surface area (Å²) in [5.41, 5.74) is 2.36. The molecule has 2 aromatic carbocycles.